The Morgan fingerprint density at radius 3 is 2.76 bits per heavy atom. The molecule has 0 radical (unpaired) electrons. The Balaban J connectivity index is 1.91. The lowest BCUT2D eigenvalue weighted by Crippen LogP contribution is -2.20. The maximum atomic E-state index is 11.7. The van der Waals surface area contributed by atoms with Gasteiger partial charge in [0, 0.05) is 18.8 Å². The third-order valence-electron chi connectivity index (χ3n) is 2.73. The number of pyridine rings is 1. The largest absolute Gasteiger partial charge is 0.478 e. The monoisotopic (exact) mass is 282 g/mol. The molecule has 0 spiro atoms. The van der Waals surface area contributed by atoms with Crippen LogP contribution in [-0.4, -0.2) is 22.0 Å². The summed E-state index contributed by atoms with van der Waals surface area (Å²) in [5, 5.41) is 11.6. The SMILES string of the molecule is O=C(C=Cc1ccccn1)NCc1cccc(C(=O)O)c1. The Kier molecular flexibility index (Phi) is 4.82. The molecule has 0 unspecified atom stereocenters. The molecule has 1 aromatic carbocycles. The van der Waals surface area contributed by atoms with Crippen molar-refractivity contribution >= 4 is 18.0 Å². The minimum Gasteiger partial charge on any atom is -0.478 e. The van der Waals surface area contributed by atoms with Crippen LogP contribution in [0.15, 0.2) is 54.7 Å². The lowest BCUT2D eigenvalue weighted by Gasteiger charge is -2.03. The number of carbonyl (C=O) groups excluding carboxylic acids is 1. The molecular formula is C16H14N2O3. The van der Waals surface area contributed by atoms with E-state index in [0.29, 0.717) is 5.69 Å². The topological polar surface area (TPSA) is 79.3 Å². The molecule has 5 nitrogen and oxygen atoms in total. The Labute approximate surface area is 122 Å². The van der Waals surface area contributed by atoms with Crippen LogP contribution in [0.4, 0.5) is 0 Å². The van der Waals surface area contributed by atoms with Crippen molar-refractivity contribution in [3.63, 3.8) is 0 Å². The summed E-state index contributed by atoms with van der Waals surface area (Å²) in [6, 6.07) is 11.9. The molecule has 0 aliphatic heterocycles. The highest BCUT2D eigenvalue weighted by Crippen LogP contribution is 2.05. The molecule has 2 N–H and O–H groups in total. The zero-order valence-electron chi connectivity index (χ0n) is 11.2. The number of amides is 1. The van der Waals surface area contributed by atoms with Crippen LogP contribution in [0.25, 0.3) is 6.08 Å². The summed E-state index contributed by atoms with van der Waals surface area (Å²) in [6.07, 6.45) is 4.65. The first-order chi connectivity index (χ1) is 10.1. The third kappa shape index (κ3) is 4.58. The number of aromatic carboxylic acids is 1. The van der Waals surface area contributed by atoms with E-state index in [0.717, 1.165) is 5.56 Å². The molecule has 21 heavy (non-hydrogen) atoms. The maximum absolute atomic E-state index is 11.7. The average molecular weight is 282 g/mol. The van der Waals surface area contributed by atoms with Gasteiger partial charge < -0.3 is 10.4 Å². The van der Waals surface area contributed by atoms with Gasteiger partial charge in [0.2, 0.25) is 5.91 Å². The van der Waals surface area contributed by atoms with Crippen LogP contribution in [0.3, 0.4) is 0 Å². The zero-order chi connectivity index (χ0) is 15.1. The molecule has 0 atom stereocenters. The number of carbonyl (C=O) groups is 2. The van der Waals surface area contributed by atoms with E-state index in [1.54, 1.807) is 36.5 Å². The van der Waals surface area contributed by atoms with Gasteiger partial charge in [-0.2, -0.15) is 0 Å². The molecule has 106 valence electrons. The second kappa shape index (κ2) is 7.00. The summed E-state index contributed by atoms with van der Waals surface area (Å²) in [5.74, 6) is -1.25. The van der Waals surface area contributed by atoms with Crippen LogP contribution in [-0.2, 0) is 11.3 Å². The molecule has 1 heterocycles. The van der Waals surface area contributed by atoms with E-state index in [1.165, 1.54) is 18.2 Å². The molecule has 0 fully saturated rings. The lowest BCUT2D eigenvalue weighted by atomic mass is 10.1. The summed E-state index contributed by atoms with van der Waals surface area (Å²) in [5.41, 5.74) is 1.63. The number of aromatic nitrogens is 1. The van der Waals surface area contributed by atoms with Gasteiger partial charge in [0.1, 0.15) is 0 Å². The van der Waals surface area contributed by atoms with Crippen molar-refractivity contribution in [2.45, 2.75) is 6.54 Å². The van der Waals surface area contributed by atoms with Crippen molar-refractivity contribution in [2.24, 2.45) is 0 Å². The van der Waals surface area contributed by atoms with Crippen LogP contribution in [0.1, 0.15) is 21.6 Å². The first kappa shape index (κ1) is 14.5. The number of nitrogens with one attached hydrogen (secondary N) is 1. The summed E-state index contributed by atoms with van der Waals surface area (Å²) >= 11 is 0. The van der Waals surface area contributed by atoms with Crippen LogP contribution in [0.5, 0.6) is 0 Å². The van der Waals surface area contributed by atoms with Gasteiger partial charge in [-0.25, -0.2) is 4.79 Å². The molecule has 0 bridgehead atoms. The standard InChI is InChI=1S/C16H14N2O3/c19-15(8-7-14-6-1-2-9-17-14)18-11-12-4-3-5-13(10-12)16(20)21/h1-10H,11H2,(H,18,19)(H,20,21). The van der Waals surface area contributed by atoms with Crippen molar-refractivity contribution in [3.05, 3.63) is 71.6 Å². The van der Waals surface area contributed by atoms with Crippen molar-refractivity contribution in [1.29, 1.82) is 0 Å². The number of carboxylic acids is 1. The first-order valence-corrected chi connectivity index (χ1v) is 6.34. The van der Waals surface area contributed by atoms with Crippen molar-refractivity contribution in [1.82, 2.24) is 10.3 Å². The van der Waals surface area contributed by atoms with Crippen LogP contribution >= 0.6 is 0 Å². The van der Waals surface area contributed by atoms with Gasteiger partial charge in [-0.1, -0.05) is 18.2 Å². The minimum absolute atomic E-state index is 0.200. The number of carboxylic acid groups (broad SMARTS) is 1. The lowest BCUT2D eigenvalue weighted by molar-refractivity contribution is -0.116. The van der Waals surface area contributed by atoms with E-state index in [9.17, 15) is 9.59 Å². The molecule has 2 aromatic rings. The molecule has 0 saturated heterocycles. The van der Waals surface area contributed by atoms with Crippen LogP contribution < -0.4 is 5.32 Å². The fraction of sp³-hybridized carbons (Fsp3) is 0.0625. The van der Waals surface area contributed by atoms with E-state index in [1.807, 2.05) is 6.07 Å². The van der Waals surface area contributed by atoms with E-state index in [-0.39, 0.29) is 18.0 Å². The summed E-state index contributed by atoms with van der Waals surface area (Å²) < 4.78 is 0. The third-order valence-corrected chi connectivity index (χ3v) is 2.73. The Bertz CT molecular complexity index is 666. The van der Waals surface area contributed by atoms with Crippen molar-refractivity contribution in [2.75, 3.05) is 0 Å². The number of rotatable bonds is 5. The number of hydrogen-bond acceptors (Lipinski definition) is 3. The number of benzene rings is 1. The van der Waals surface area contributed by atoms with Gasteiger partial charge in [0.05, 0.1) is 11.3 Å². The minimum atomic E-state index is -0.988. The smallest absolute Gasteiger partial charge is 0.335 e. The Hall–Kier alpha value is -2.95. The second-order valence-corrected chi connectivity index (χ2v) is 4.31. The van der Waals surface area contributed by atoms with E-state index >= 15 is 0 Å². The average Bonchev–Trinajstić information content (AvgIpc) is 2.52. The van der Waals surface area contributed by atoms with Crippen molar-refractivity contribution in [3.8, 4) is 0 Å². The van der Waals surface area contributed by atoms with Crippen molar-refractivity contribution < 1.29 is 14.7 Å². The summed E-state index contributed by atoms with van der Waals surface area (Å²) in [4.78, 5) is 26.6. The summed E-state index contributed by atoms with van der Waals surface area (Å²) in [7, 11) is 0. The molecule has 1 aromatic heterocycles. The van der Waals surface area contributed by atoms with Crippen LogP contribution in [0, 0.1) is 0 Å². The van der Waals surface area contributed by atoms with Gasteiger partial charge in [0.25, 0.3) is 0 Å². The molecular weight excluding hydrogens is 268 g/mol. The predicted octanol–water partition coefficient (Wildman–Crippen LogP) is 2.11. The van der Waals surface area contributed by atoms with Gasteiger partial charge in [-0.05, 0) is 35.9 Å². The highest BCUT2D eigenvalue weighted by atomic mass is 16.4. The first-order valence-electron chi connectivity index (χ1n) is 6.34. The van der Waals surface area contributed by atoms with E-state index in [2.05, 4.69) is 10.3 Å². The summed E-state index contributed by atoms with van der Waals surface area (Å²) in [6.45, 7) is 0.270. The van der Waals surface area contributed by atoms with Gasteiger partial charge >= 0.3 is 5.97 Å². The quantitative estimate of drug-likeness (QED) is 0.823. The van der Waals surface area contributed by atoms with Crippen LogP contribution in [0.2, 0.25) is 0 Å². The van der Waals surface area contributed by atoms with Gasteiger partial charge in [-0.3, -0.25) is 9.78 Å². The molecule has 0 saturated carbocycles. The number of nitrogens with zero attached hydrogens (tertiary/aromatic N) is 1. The predicted molar refractivity (Wildman–Crippen MR) is 78.5 cm³/mol. The fourth-order valence-electron chi connectivity index (χ4n) is 1.70. The maximum Gasteiger partial charge on any atom is 0.335 e. The van der Waals surface area contributed by atoms with E-state index in [4.69, 9.17) is 5.11 Å². The highest BCUT2D eigenvalue weighted by molar-refractivity contribution is 5.91. The number of hydrogen-bond donors (Lipinski definition) is 2. The molecule has 0 aliphatic rings. The van der Waals surface area contributed by atoms with Gasteiger partial charge in [-0.15, -0.1) is 0 Å². The van der Waals surface area contributed by atoms with E-state index < -0.39 is 5.97 Å². The zero-order valence-corrected chi connectivity index (χ0v) is 11.2. The molecule has 2 rings (SSSR count). The fourth-order valence-corrected chi connectivity index (χ4v) is 1.70. The normalized spacial score (nSPS) is 10.5. The Morgan fingerprint density at radius 1 is 1.19 bits per heavy atom. The second-order valence-electron chi connectivity index (χ2n) is 4.31. The molecule has 1 amide bonds. The van der Waals surface area contributed by atoms with Gasteiger partial charge in [0.15, 0.2) is 0 Å². The Morgan fingerprint density at radius 2 is 2.05 bits per heavy atom. The highest BCUT2D eigenvalue weighted by Gasteiger charge is 2.03. The molecule has 5 heteroatoms. The molecule has 0 aliphatic carbocycles.